The first kappa shape index (κ1) is 89.1. The highest BCUT2D eigenvalue weighted by atomic mass is 31.2. The van der Waals surface area contributed by atoms with Gasteiger partial charge in [0.2, 0.25) is 0 Å². The minimum Gasteiger partial charge on any atom is -0.462 e. The topological polar surface area (TPSA) is 237 Å². The molecule has 0 aliphatic carbocycles. The maximum Gasteiger partial charge on any atom is 0.472 e. The maximum absolute atomic E-state index is 13.0. The first-order valence-corrected chi connectivity index (χ1v) is 40.2. The molecule has 5 atom stereocenters. The molecule has 0 saturated heterocycles. The van der Waals surface area contributed by atoms with Gasteiger partial charge in [0.25, 0.3) is 0 Å². The summed E-state index contributed by atoms with van der Waals surface area (Å²) in [5, 5.41) is 10.6. The van der Waals surface area contributed by atoms with Crippen LogP contribution < -0.4 is 0 Å². The molecule has 0 rings (SSSR count). The summed E-state index contributed by atoms with van der Waals surface area (Å²) in [6, 6.07) is 0. The zero-order valence-corrected chi connectivity index (χ0v) is 61.3. The maximum atomic E-state index is 13.0. The SMILES string of the molecule is CC(C)CCCCCCCCCCCCCCCCCCC(=O)O[C@H](COC(=O)CCCCCCCCCCC(C)C)COP(=O)(O)OCC(O)COP(=O)(O)OC[C@@H](COC(=O)CCCCCCCCCCC(C)C)OC(=O)CCCCCCCCCC(C)C. The number of ether oxygens (including phenoxy) is 4. The van der Waals surface area contributed by atoms with E-state index in [0.717, 1.165) is 108 Å². The number of carbonyl (C=O) groups excluding carboxylic acids is 4. The first-order chi connectivity index (χ1) is 43.6. The molecule has 0 aliphatic rings. The minimum absolute atomic E-state index is 0.102. The summed E-state index contributed by atoms with van der Waals surface area (Å²) in [4.78, 5) is 72.6. The molecule has 0 bridgehead atoms. The molecule has 3 N–H and O–H groups in total. The predicted octanol–water partition coefficient (Wildman–Crippen LogP) is 20.5. The van der Waals surface area contributed by atoms with Crippen LogP contribution in [0.15, 0.2) is 0 Å². The van der Waals surface area contributed by atoms with E-state index >= 15 is 0 Å². The summed E-state index contributed by atoms with van der Waals surface area (Å²) >= 11 is 0. The molecular formula is C72H140O17P2. The molecule has 0 aromatic rings. The van der Waals surface area contributed by atoms with E-state index in [9.17, 15) is 43.2 Å². The Kier molecular flexibility index (Phi) is 60.3. The van der Waals surface area contributed by atoms with Gasteiger partial charge >= 0.3 is 39.5 Å². The molecule has 0 spiro atoms. The van der Waals surface area contributed by atoms with E-state index in [0.29, 0.717) is 31.6 Å². The summed E-state index contributed by atoms with van der Waals surface area (Å²) in [7, 11) is -9.90. The smallest absolute Gasteiger partial charge is 0.462 e. The van der Waals surface area contributed by atoms with E-state index in [2.05, 4.69) is 55.4 Å². The zero-order valence-electron chi connectivity index (χ0n) is 59.5. The normalized spacial score (nSPS) is 14.2. The van der Waals surface area contributed by atoms with Gasteiger partial charge in [-0.15, -0.1) is 0 Å². The van der Waals surface area contributed by atoms with Gasteiger partial charge in [-0.05, 0) is 49.4 Å². The average Bonchev–Trinajstić information content (AvgIpc) is 2.93. The van der Waals surface area contributed by atoms with Crippen LogP contribution in [0.4, 0.5) is 0 Å². The quantitative estimate of drug-likeness (QED) is 0.0222. The number of hydrogen-bond donors (Lipinski definition) is 3. The molecule has 540 valence electrons. The Morgan fingerprint density at radius 2 is 0.462 bits per heavy atom. The number of phosphoric acid groups is 2. The molecule has 0 aromatic carbocycles. The second kappa shape index (κ2) is 61.6. The number of rotatable bonds is 69. The van der Waals surface area contributed by atoms with Crippen LogP contribution in [0.25, 0.3) is 0 Å². The number of hydrogen-bond acceptors (Lipinski definition) is 15. The third-order valence-electron chi connectivity index (χ3n) is 16.6. The van der Waals surface area contributed by atoms with E-state index in [1.165, 1.54) is 161 Å². The van der Waals surface area contributed by atoms with Gasteiger partial charge in [-0.2, -0.15) is 0 Å². The Labute approximate surface area is 556 Å². The molecule has 0 radical (unpaired) electrons. The lowest BCUT2D eigenvalue weighted by atomic mass is 10.0. The Morgan fingerprint density at radius 3 is 0.681 bits per heavy atom. The lowest BCUT2D eigenvalue weighted by Gasteiger charge is -2.21. The molecular weight excluding hydrogens is 1200 g/mol. The van der Waals surface area contributed by atoms with Gasteiger partial charge in [-0.3, -0.25) is 37.3 Å². The third-order valence-corrected chi connectivity index (χ3v) is 18.5. The molecule has 91 heavy (non-hydrogen) atoms. The number of esters is 4. The van der Waals surface area contributed by atoms with Crippen LogP contribution in [0.1, 0.15) is 357 Å². The lowest BCUT2D eigenvalue weighted by Crippen LogP contribution is -2.30. The van der Waals surface area contributed by atoms with Crippen LogP contribution in [0.2, 0.25) is 0 Å². The molecule has 0 amide bonds. The fourth-order valence-corrected chi connectivity index (χ4v) is 12.4. The number of aliphatic hydroxyl groups excluding tert-OH is 1. The van der Waals surface area contributed by atoms with Crippen molar-refractivity contribution >= 4 is 39.5 Å². The summed E-state index contributed by atoms with van der Waals surface area (Å²) in [5.41, 5.74) is 0. The van der Waals surface area contributed by atoms with Crippen molar-refractivity contribution in [2.75, 3.05) is 39.6 Å². The van der Waals surface area contributed by atoms with E-state index in [-0.39, 0.29) is 25.7 Å². The first-order valence-electron chi connectivity index (χ1n) is 37.2. The van der Waals surface area contributed by atoms with Crippen molar-refractivity contribution in [3.63, 3.8) is 0 Å². The van der Waals surface area contributed by atoms with Crippen molar-refractivity contribution in [3.8, 4) is 0 Å². The number of carbonyl (C=O) groups is 4. The second-order valence-electron chi connectivity index (χ2n) is 27.9. The number of aliphatic hydroxyl groups is 1. The summed E-state index contributed by atoms with van der Waals surface area (Å²) in [5.74, 6) is 0.828. The van der Waals surface area contributed by atoms with Crippen LogP contribution in [0.3, 0.4) is 0 Å². The monoisotopic (exact) mass is 1340 g/mol. The van der Waals surface area contributed by atoms with Crippen LogP contribution in [0.5, 0.6) is 0 Å². The molecule has 0 heterocycles. The van der Waals surface area contributed by atoms with E-state index in [4.69, 9.17) is 37.0 Å². The van der Waals surface area contributed by atoms with Crippen molar-refractivity contribution in [2.24, 2.45) is 23.7 Å². The van der Waals surface area contributed by atoms with Crippen LogP contribution >= 0.6 is 15.6 Å². The highest BCUT2D eigenvalue weighted by molar-refractivity contribution is 7.47. The van der Waals surface area contributed by atoms with E-state index < -0.39 is 97.5 Å². The van der Waals surface area contributed by atoms with Gasteiger partial charge in [0.15, 0.2) is 12.2 Å². The molecule has 0 aliphatic heterocycles. The van der Waals surface area contributed by atoms with Crippen molar-refractivity contribution in [1.29, 1.82) is 0 Å². The molecule has 0 saturated carbocycles. The largest absolute Gasteiger partial charge is 0.472 e. The minimum atomic E-state index is -4.95. The molecule has 0 aromatic heterocycles. The Morgan fingerprint density at radius 1 is 0.275 bits per heavy atom. The van der Waals surface area contributed by atoms with Crippen molar-refractivity contribution < 1.29 is 80.2 Å². The highest BCUT2D eigenvalue weighted by Crippen LogP contribution is 2.45. The highest BCUT2D eigenvalue weighted by Gasteiger charge is 2.30. The van der Waals surface area contributed by atoms with Gasteiger partial charge in [-0.25, -0.2) is 9.13 Å². The van der Waals surface area contributed by atoms with Gasteiger partial charge in [0.1, 0.15) is 19.3 Å². The molecule has 19 heteroatoms. The van der Waals surface area contributed by atoms with Gasteiger partial charge < -0.3 is 33.8 Å². The lowest BCUT2D eigenvalue weighted by molar-refractivity contribution is -0.161. The molecule has 3 unspecified atom stereocenters. The van der Waals surface area contributed by atoms with Crippen molar-refractivity contribution in [1.82, 2.24) is 0 Å². The Hall–Kier alpha value is -1.94. The number of unbranched alkanes of at least 4 members (excludes halogenated alkanes) is 35. The standard InChI is InChI=1S/C72H140O17P2/c1-62(2)48-40-32-24-17-15-13-11-9-10-12-14-16-18-30-38-46-54-71(76)88-67(58-82-69(74)52-44-36-28-21-19-25-33-41-49-63(3)4)60-86-90(78,79)84-56-66(73)57-85-91(80,81)87-61-68(89-72(77)55-47-39-31-23-27-35-43-51-65(7)8)59-83-70(75)53-45-37-29-22-20-26-34-42-50-64(5)6/h62-68,73H,9-61H2,1-8H3,(H,78,79)(H,80,81)/t66?,67-,68-/m1/s1. The summed E-state index contributed by atoms with van der Waals surface area (Å²) in [6.45, 7) is 14.1. The third kappa shape index (κ3) is 66.5. The second-order valence-corrected chi connectivity index (χ2v) is 30.8. The van der Waals surface area contributed by atoms with Crippen molar-refractivity contribution in [3.05, 3.63) is 0 Å². The molecule has 0 fully saturated rings. The zero-order chi connectivity index (χ0) is 67.5. The fourth-order valence-electron chi connectivity index (χ4n) is 10.8. The van der Waals surface area contributed by atoms with Gasteiger partial charge in [0, 0.05) is 25.7 Å². The summed E-state index contributed by atoms with van der Waals surface area (Å²) < 4.78 is 68.3. The van der Waals surface area contributed by atoms with Crippen molar-refractivity contribution in [2.45, 2.75) is 375 Å². The number of phosphoric ester groups is 2. The van der Waals surface area contributed by atoms with Crippen LogP contribution in [-0.4, -0.2) is 96.7 Å². The summed E-state index contributed by atoms with van der Waals surface area (Å²) in [6.07, 6.45) is 44.7. The van der Waals surface area contributed by atoms with Crippen LogP contribution in [-0.2, 0) is 65.4 Å². The van der Waals surface area contributed by atoms with E-state index in [1.807, 2.05) is 0 Å². The fraction of sp³-hybridized carbons (Fsp3) is 0.944. The Balaban J connectivity index is 5.21. The molecule has 17 nitrogen and oxygen atoms in total. The van der Waals surface area contributed by atoms with E-state index in [1.54, 1.807) is 0 Å². The average molecular weight is 1340 g/mol. The predicted molar refractivity (Wildman–Crippen MR) is 367 cm³/mol. The Bertz CT molecular complexity index is 1800. The van der Waals surface area contributed by atoms with Gasteiger partial charge in [0.05, 0.1) is 26.4 Å². The van der Waals surface area contributed by atoms with Crippen LogP contribution in [0, 0.1) is 23.7 Å². The van der Waals surface area contributed by atoms with Gasteiger partial charge in [-0.1, -0.05) is 306 Å².